The van der Waals surface area contributed by atoms with E-state index < -0.39 is 0 Å². The number of aromatic hydroxyl groups is 1. The summed E-state index contributed by atoms with van der Waals surface area (Å²) in [5, 5.41) is 10.4. The summed E-state index contributed by atoms with van der Waals surface area (Å²) in [6, 6.07) is 6.14. The molecule has 0 aliphatic rings. The van der Waals surface area contributed by atoms with Crippen LogP contribution < -0.4 is 0 Å². The van der Waals surface area contributed by atoms with Gasteiger partial charge in [-0.3, -0.25) is 0 Å². The fourth-order valence-corrected chi connectivity index (χ4v) is 3.53. The molecule has 0 radical (unpaired) electrons. The Morgan fingerprint density at radius 2 is 1.39 bits per heavy atom. The lowest BCUT2D eigenvalue weighted by Gasteiger charge is -2.21. The minimum absolute atomic E-state index is 0.516. The van der Waals surface area contributed by atoms with Gasteiger partial charge in [-0.1, -0.05) is 91.2 Å². The number of rotatable bonds is 12. The molecule has 23 heavy (non-hydrogen) atoms. The smallest absolute Gasteiger partial charge is 0.119 e. The predicted octanol–water partition coefficient (Wildman–Crippen LogP) is 6.91. The van der Waals surface area contributed by atoms with E-state index >= 15 is 0 Å². The van der Waals surface area contributed by atoms with Crippen molar-refractivity contribution in [3.8, 4) is 5.75 Å². The highest BCUT2D eigenvalue weighted by Gasteiger charge is 2.16. The number of hydrogen-bond donors (Lipinski definition) is 1. The molecular formula is C22H38O. The van der Waals surface area contributed by atoms with Crippen LogP contribution in [0.2, 0.25) is 0 Å². The molecule has 2 unspecified atom stereocenters. The van der Waals surface area contributed by atoms with E-state index in [9.17, 15) is 5.11 Å². The van der Waals surface area contributed by atoms with Gasteiger partial charge >= 0.3 is 0 Å². The van der Waals surface area contributed by atoms with Crippen LogP contribution in [0.4, 0.5) is 0 Å². The topological polar surface area (TPSA) is 20.2 Å². The van der Waals surface area contributed by atoms with Crippen molar-refractivity contribution in [3.05, 3.63) is 29.3 Å². The maximum absolute atomic E-state index is 10.4. The van der Waals surface area contributed by atoms with Crippen molar-refractivity contribution < 1.29 is 5.11 Å². The summed E-state index contributed by atoms with van der Waals surface area (Å²) in [7, 11) is 0. The van der Waals surface area contributed by atoms with Crippen LogP contribution in [0.1, 0.15) is 90.2 Å². The highest BCUT2D eigenvalue weighted by Crippen LogP contribution is 2.30. The summed E-state index contributed by atoms with van der Waals surface area (Å²) < 4.78 is 0. The van der Waals surface area contributed by atoms with E-state index in [1.807, 2.05) is 12.1 Å². The van der Waals surface area contributed by atoms with Gasteiger partial charge in [0, 0.05) is 0 Å². The molecule has 1 rings (SSSR count). The molecule has 1 heteroatoms. The molecule has 0 heterocycles. The Morgan fingerprint density at radius 1 is 0.826 bits per heavy atom. The largest absolute Gasteiger partial charge is 0.508 e. The van der Waals surface area contributed by atoms with E-state index in [-0.39, 0.29) is 0 Å². The second-order valence-corrected chi connectivity index (χ2v) is 7.16. The average molecular weight is 319 g/mol. The van der Waals surface area contributed by atoms with Crippen LogP contribution in [-0.2, 0) is 12.8 Å². The third kappa shape index (κ3) is 6.97. The molecule has 0 fully saturated rings. The van der Waals surface area contributed by atoms with Crippen LogP contribution in [0.15, 0.2) is 18.2 Å². The molecule has 0 spiro atoms. The van der Waals surface area contributed by atoms with Crippen LogP contribution in [0, 0.1) is 11.8 Å². The number of hydrogen-bond acceptors (Lipinski definition) is 1. The molecule has 0 saturated heterocycles. The Bertz CT molecular complexity index is 424. The molecule has 2 atom stereocenters. The number of benzene rings is 1. The van der Waals surface area contributed by atoms with Gasteiger partial charge in [-0.2, -0.15) is 0 Å². The van der Waals surface area contributed by atoms with E-state index in [1.54, 1.807) is 0 Å². The Labute approximate surface area is 144 Å². The summed E-state index contributed by atoms with van der Waals surface area (Å²) >= 11 is 0. The molecule has 0 aliphatic carbocycles. The van der Waals surface area contributed by atoms with Crippen molar-refractivity contribution in [3.63, 3.8) is 0 Å². The summed E-state index contributed by atoms with van der Waals surface area (Å²) in [5.41, 5.74) is 2.62. The van der Waals surface area contributed by atoms with E-state index in [4.69, 9.17) is 0 Å². The quantitative estimate of drug-likeness (QED) is 0.444. The van der Waals surface area contributed by atoms with E-state index in [0.717, 1.165) is 18.8 Å². The molecular weight excluding hydrogens is 280 g/mol. The minimum Gasteiger partial charge on any atom is -0.508 e. The Kier molecular flexibility index (Phi) is 10.1. The average Bonchev–Trinajstić information content (AvgIpc) is 2.57. The third-order valence-corrected chi connectivity index (χ3v) is 5.34. The van der Waals surface area contributed by atoms with Gasteiger partial charge < -0.3 is 5.11 Å². The first-order valence-corrected chi connectivity index (χ1v) is 9.95. The molecule has 0 bridgehead atoms. The zero-order valence-electron chi connectivity index (χ0n) is 15.9. The maximum Gasteiger partial charge on any atom is 0.119 e. The van der Waals surface area contributed by atoms with E-state index in [2.05, 4.69) is 33.8 Å². The lowest BCUT2D eigenvalue weighted by Crippen LogP contribution is -2.10. The lowest BCUT2D eigenvalue weighted by molar-refractivity contribution is 0.416. The lowest BCUT2D eigenvalue weighted by atomic mass is 9.85. The molecule has 1 aromatic rings. The molecule has 0 aliphatic heterocycles. The molecule has 0 amide bonds. The van der Waals surface area contributed by atoms with Gasteiger partial charge in [0.1, 0.15) is 5.75 Å². The number of phenolic OH excluding ortho intramolecular Hbond substituents is 1. The third-order valence-electron chi connectivity index (χ3n) is 5.34. The van der Waals surface area contributed by atoms with Gasteiger partial charge in [0.25, 0.3) is 0 Å². The first-order valence-electron chi connectivity index (χ1n) is 9.95. The van der Waals surface area contributed by atoms with Gasteiger partial charge in [-0.25, -0.2) is 0 Å². The van der Waals surface area contributed by atoms with Crippen molar-refractivity contribution in [2.75, 3.05) is 0 Å². The molecule has 0 aromatic heterocycles. The van der Waals surface area contributed by atoms with Crippen molar-refractivity contribution in [1.82, 2.24) is 0 Å². The SMILES string of the molecule is CCCCC(CC)Cc1cccc(O)c1CC(CC)CCCC. The van der Waals surface area contributed by atoms with Crippen LogP contribution in [-0.4, -0.2) is 5.11 Å². The predicted molar refractivity (Wildman–Crippen MR) is 102 cm³/mol. The highest BCUT2D eigenvalue weighted by molar-refractivity contribution is 5.40. The fraction of sp³-hybridized carbons (Fsp3) is 0.727. The first-order chi connectivity index (χ1) is 11.2. The van der Waals surface area contributed by atoms with Crippen LogP contribution >= 0.6 is 0 Å². The molecule has 1 nitrogen and oxygen atoms in total. The molecule has 1 N–H and O–H groups in total. The molecule has 0 saturated carbocycles. The van der Waals surface area contributed by atoms with Gasteiger partial charge in [0.05, 0.1) is 0 Å². The summed E-state index contributed by atoms with van der Waals surface area (Å²) in [5.74, 6) is 1.98. The van der Waals surface area contributed by atoms with E-state index in [1.165, 1.54) is 62.5 Å². The molecule has 1 aromatic carbocycles. The fourth-order valence-electron chi connectivity index (χ4n) is 3.53. The number of phenols is 1. The Balaban J connectivity index is 2.85. The first kappa shape index (κ1) is 20.1. The van der Waals surface area contributed by atoms with Crippen LogP contribution in [0.5, 0.6) is 5.75 Å². The standard InChI is InChI=1S/C22H38O/c1-5-9-12-18(7-3)16-20-14-11-15-22(23)21(20)17-19(8-4)13-10-6-2/h11,14-15,18-19,23H,5-10,12-13,16-17H2,1-4H3. The zero-order valence-corrected chi connectivity index (χ0v) is 15.9. The summed E-state index contributed by atoms with van der Waals surface area (Å²) in [6.07, 6.45) is 12.4. The van der Waals surface area contributed by atoms with Gasteiger partial charge in [-0.15, -0.1) is 0 Å². The van der Waals surface area contributed by atoms with E-state index in [0.29, 0.717) is 11.7 Å². The van der Waals surface area contributed by atoms with Crippen LogP contribution in [0.3, 0.4) is 0 Å². The summed E-state index contributed by atoms with van der Waals surface area (Å²) in [6.45, 7) is 9.12. The normalized spacial score (nSPS) is 13.9. The highest BCUT2D eigenvalue weighted by atomic mass is 16.3. The maximum atomic E-state index is 10.4. The van der Waals surface area contributed by atoms with Gasteiger partial charge in [0.2, 0.25) is 0 Å². The van der Waals surface area contributed by atoms with Gasteiger partial charge in [0.15, 0.2) is 0 Å². The monoisotopic (exact) mass is 318 g/mol. The second kappa shape index (κ2) is 11.5. The van der Waals surface area contributed by atoms with Crippen LogP contribution in [0.25, 0.3) is 0 Å². The van der Waals surface area contributed by atoms with Gasteiger partial charge in [-0.05, 0) is 41.9 Å². The zero-order chi connectivity index (χ0) is 17.1. The van der Waals surface area contributed by atoms with Crippen molar-refractivity contribution in [2.45, 2.75) is 91.9 Å². The Hall–Kier alpha value is -0.980. The minimum atomic E-state index is 0.516. The molecule has 132 valence electrons. The Morgan fingerprint density at radius 3 is 1.91 bits per heavy atom. The van der Waals surface area contributed by atoms with Crippen molar-refractivity contribution in [1.29, 1.82) is 0 Å². The summed E-state index contributed by atoms with van der Waals surface area (Å²) in [4.78, 5) is 0. The number of unbranched alkanes of at least 4 members (excludes halogenated alkanes) is 2. The van der Waals surface area contributed by atoms with Crippen molar-refractivity contribution in [2.24, 2.45) is 11.8 Å². The second-order valence-electron chi connectivity index (χ2n) is 7.16. The van der Waals surface area contributed by atoms with Crippen molar-refractivity contribution >= 4 is 0 Å².